The number of aliphatic hydroxyl groups excluding tert-OH is 2. The molecule has 1 aromatic heterocycles. The number of likely N-dealkylation sites (N-methyl/N-ethyl adjacent to an activating group) is 1. The van der Waals surface area contributed by atoms with E-state index in [1.54, 1.807) is 24.3 Å². The van der Waals surface area contributed by atoms with Gasteiger partial charge in [0.05, 0.1) is 36.4 Å². The lowest BCUT2D eigenvalue weighted by atomic mass is 9.96. The van der Waals surface area contributed by atoms with Gasteiger partial charge in [0.2, 0.25) is 0 Å². The number of para-hydroxylation sites is 1. The molecule has 1 fully saturated rings. The van der Waals surface area contributed by atoms with Crippen molar-refractivity contribution in [3.63, 3.8) is 0 Å². The molecule has 8 nitrogen and oxygen atoms in total. The van der Waals surface area contributed by atoms with Crippen molar-refractivity contribution in [1.29, 1.82) is 0 Å². The van der Waals surface area contributed by atoms with Crippen molar-refractivity contribution in [2.75, 3.05) is 39.8 Å². The van der Waals surface area contributed by atoms with E-state index in [0.29, 0.717) is 6.04 Å². The standard InChI is InChI=1S/C24H26FNO4.C18H21ClN2.C9H9NS/c1-15(2)26-21-6-4-3-5-20(21)24(16-7-9-17(25)10-8-16)22(26)12-11-18(27)13-19(28)14-23(29)30;1-20-11-13-21(14-12-20)18(15-5-3-2-4-6-15)16-7-9-17(19)10-8-16;11-8-10-7-6-9-4-2-1-3-5-9/h3-12,15,18-19,27-28H,13-14H2,1-2H3,(H,29,30);2-10,18H,11-14H2,1H3;1-5H,6-7H2/b12-11+;;/t18-,19-;;/m1../s1. The normalized spacial score (nSPS) is 14.6. The van der Waals surface area contributed by atoms with Crippen LogP contribution in [-0.2, 0) is 11.2 Å². The van der Waals surface area contributed by atoms with E-state index in [4.69, 9.17) is 16.7 Å². The Hall–Kier alpha value is -5.29. The molecule has 324 valence electrons. The number of rotatable bonds is 14. The van der Waals surface area contributed by atoms with Crippen LogP contribution in [0.2, 0.25) is 5.02 Å². The Kier molecular flexibility index (Phi) is 18.8. The van der Waals surface area contributed by atoms with Crippen LogP contribution in [0, 0.1) is 5.82 Å². The molecule has 6 aromatic rings. The van der Waals surface area contributed by atoms with Gasteiger partial charge in [-0.25, -0.2) is 9.38 Å². The Morgan fingerprint density at radius 3 is 2.05 bits per heavy atom. The van der Waals surface area contributed by atoms with Crippen molar-refractivity contribution in [2.24, 2.45) is 4.99 Å². The number of halogens is 2. The molecule has 3 atom stereocenters. The second kappa shape index (κ2) is 24.4. The van der Waals surface area contributed by atoms with Crippen molar-refractivity contribution >= 4 is 51.9 Å². The molecule has 0 saturated carbocycles. The molecular weight excluding hydrogens is 819 g/mol. The maximum absolute atomic E-state index is 13.5. The predicted molar refractivity (Wildman–Crippen MR) is 254 cm³/mol. The number of hydrogen-bond donors (Lipinski definition) is 3. The summed E-state index contributed by atoms with van der Waals surface area (Å²) in [5, 5.41) is 33.0. The summed E-state index contributed by atoms with van der Waals surface area (Å²) in [5.41, 5.74) is 7.61. The van der Waals surface area contributed by atoms with Gasteiger partial charge in [0, 0.05) is 65.8 Å². The van der Waals surface area contributed by atoms with Gasteiger partial charge in [-0.2, -0.15) is 0 Å². The first-order valence-corrected chi connectivity index (χ1v) is 21.7. The molecule has 0 radical (unpaired) electrons. The molecule has 1 aliphatic rings. The Morgan fingerprint density at radius 1 is 0.839 bits per heavy atom. The van der Waals surface area contributed by atoms with Crippen LogP contribution in [0.15, 0.2) is 145 Å². The van der Waals surface area contributed by atoms with Crippen LogP contribution in [0.1, 0.15) is 61.2 Å². The molecule has 0 bridgehead atoms. The second-order valence-electron chi connectivity index (χ2n) is 15.6. The molecule has 0 spiro atoms. The van der Waals surface area contributed by atoms with Crippen molar-refractivity contribution in [1.82, 2.24) is 14.4 Å². The number of fused-ring (bicyclic) bond motifs is 1. The van der Waals surface area contributed by atoms with Gasteiger partial charge in [0.1, 0.15) is 5.82 Å². The number of isothiocyanates is 1. The number of thiocarbonyl (C=S) groups is 1. The Balaban J connectivity index is 0.000000195. The largest absolute Gasteiger partial charge is 0.481 e. The molecule has 0 aliphatic carbocycles. The Labute approximate surface area is 375 Å². The molecule has 7 rings (SSSR count). The highest BCUT2D eigenvalue weighted by atomic mass is 35.5. The Morgan fingerprint density at radius 2 is 1.44 bits per heavy atom. The van der Waals surface area contributed by atoms with Crippen molar-refractivity contribution in [2.45, 2.75) is 57.4 Å². The fraction of sp³-hybridized carbons (Fsp3) is 0.294. The van der Waals surface area contributed by atoms with E-state index >= 15 is 0 Å². The molecular formula is C51H56ClFN4O4S. The predicted octanol–water partition coefficient (Wildman–Crippen LogP) is 10.6. The monoisotopic (exact) mass is 874 g/mol. The Bertz CT molecular complexity index is 2360. The van der Waals surface area contributed by atoms with E-state index in [9.17, 15) is 19.4 Å². The first-order chi connectivity index (χ1) is 29.9. The summed E-state index contributed by atoms with van der Waals surface area (Å²) in [7, 11) is 2.19. The highest BCUT2D eigenvalue weighted by molar-refractivity contribution is 7.78. The van der Waals surface area contributed by atoms with Gasteiger partial charge in [-0.15, -0.1) is 0 Å². The van der Waals surface area contributed by atoms with E-state index in [0.717, 1.165) is 71.9 Å². The van der Waals surface area contributed by atoms with Crippen molar-refractivity contribution in [3.8, 4) is 11.1 Å². The number of piperazine rings is 1. The third kappa shape index (κ3) is 14.1. The maximum Gasteiger partial charge on any atom is 0.305 e. The molecule has 1 aliphatic heterocycles. The zero-order valence-electron chi connectivity index (χ0n) is 35.5. The van der Waals surface area contributed by atoms with Crippen LogP contribution >= 0.6 is 23.8 Å². The van der Waals surface area contributed by atoms with Crippen LogP contribution in [0.5, 0.6) is 0 Å². The number of hydrogen-bond acceptors (Lipinski definition) is 7. The number of benzene rings is 5. The summed E-state index contributed by atoms with van der Waals surface area (Å²) in [5.74, 6) is -1.43. The summed E-state index contributed by atoms with van der Waals surface area (Å²) in [4.78, 5) is 19.5. The van der Waals surface area contributed by atoms with Crippen LogP contribution in [0.25, 0.3) is 28.1 Å². The number of nitrogens with zero attached hydrogens (tertiary/aromatic N) is 4. The van der Waals surface area contributed by atoms with Gasteiger partial charge in [-0.05, 0) is 98.2 Å². The summed E-state index contributed by atoms with van der Waals surface area (Å²) < 4.78 is 15.6. The molecule has 1 unspecified atom stereocenters. The topological polar surface area (TPSA) is 102 Å². The number of carboxylic acids is 1. The maximum atomic E-state index is 13.5. The fourth-order valence-corrected chi connectivity index (χ4v) is 7.83. The van der Waals surface area contributed by atoms with Crippen LogP contribution in [0.4, 0.5) is 4.39 Å². The molecule has 1 saturated heterocycles. The average Bonchev–Trinajstić information content (AvgIpc) is 3.60. The number of aromatic nitrogens is 1. The third-order valence-corrected chi connectivity index (χ3v) is 11.0. The van der Waals surface area contributed by atoms with Crippen molar-refractivity contribution in [3.05, 3.63) is 173 Å². The van der Waals surface area contributed by atoms with Gasteiger partial charge >= 0.3 is 5.97 Å². The molecule has 62 heavy (non-hydrogen) atoms. The summed E-state index contributed by atoms with van der Waals surface area (Å²) >= 11 is 10.5. The van der Waals surface area contributed by atoms with E-state index in [1.807, 2.05) is 54.6 Å². The third-order valence-electron chi connectivity index (χ3n) is 10.6. The first kappa shape index (κ1) is 47.8. The molecule has 5 aromatic carbocycles. The number of carboxylic acid groups (broad SMARTS) is 1. The van der Waals surface area contributed by atoms with E-state index < -0.39 is 24.6 Å². The average molecular weight is 876 g/mol. The van der Waals surface area contributed by atoms with E-state index in [1.165, 1.54) is 28.8 Å². The summed E-state index contributed by atoms with van der Waals surface area (Å²) in [6.07, 6.45) is 1.68. The zero-order chi connectivity index (χ0) is 44.4. The van der Waals surface area contributed by atoms with Crippen molar-refractivity contribution < 1.29 is 24.5 Å². The minimum Gasteiger partial charge on any atom is -0.481 e. The van der Waals surface area contributed by atoms with Gasteiger partial charge in [0.15, 0.2) is 0 Å². The summed E-state index contributed by atoms with van der Waals surface area (Å²) in [6, 6.07) is 43.9. The summed E-state index contributed by atoms with van der Waals surface area (Å²) in [6.45, 7) is 9.30. The van der Waals surface area contributed by atoms with Gasteiger partial charge < -0.3 is 24.8 Å². The fourth-order valence-electron chi connectivity index (χ4n) is 7.62. The van der Waals surface area contributed by atoms with Crippen LogP contribution < -0.4 is 0 Å². The minimum atomic E-state index is -1.13. The van der Waals surface area contributed by atoms with Gasteiger partial charge in [0.25, 0.3) is 0 Å². The van der Waals surface area contributed by atoms with Gasteiger partial charge in [-0.3, -0.25) is 9.69 Å². The second-order valence-corrected chi connectivity index (χ2v) is 16.2. The molecule has 11 heteroatoms. The van der Waals surface area contributed by atoms with E-state index in [2.05, 4.69) is 112 Å². The molecule has 0 amide bonds. The van der Waals surface area contributed by atoms with Crippen LogP contribution in [0.3, 0.4) is 0 Å². The number of carbonyl (C=O) groups is 1. The lowest BCUT2D eigenvalue weighted by Gasteiger charge is -2.38. The number of aliphatic carboxylic acids is 1. The lowest BCUT2D eigenvalue weighted by Crippen LogP contribution is -2.46. The first-order valence-electron chi connectivity index (χ1n) is 20.9. The minimum absolute atomic E-state index is 0.0728. The quantitative estimate of drug-likeness (QED) is 0.0740. The number of aliphatic hydroxyl groups is 2. The number of aliphatic imine (C=N–C) groups is 1. The van der Waals surface area contributed by atoms with E-state index in [-0.39, 0.29) is 18.3 Å². The smallest absolute Gasteiger partial charge is 0.305 e. The highest BCUT2D eigenvalue weighted by Crippen LogP contribution is 2.38. The van der Waals surface area contributed by atoms with Crippen LogP contribution in [-0.4, -0.2) is 92.8 Å². The lowest BCUT2D eigenvalue weighted by molar-refractivity contribution is -0.139. The molecule has 2 heterocycles. The zero-order valence-corrected chi connectivity index (χ0v) is 37.1. The highest BCUT2D eigenvalue weighted by Gasteiger charge is 2.25. The van der Waals surface area contributed by atoms with Gasteiger partial charge in [-0.1, -0.05) is 121 Å². The SMILES string of the molecule is CC(C)n1c(/C=C/[C@@H](O)C[C@@H](O)CC(=O)O)c(-c2ccc(F)cc2)c2ccccc21.CN1CCN(C(c2ccccc2)c2ccc(Cl)cc2)CC1.S=C=NCCc1ccccc1. The molecule has 3 N–H and O–H groups in total.